The number of carbonyl (C=O) groups excluding carboxylic acids is 3. The molecule has 0 aromatic heterocycles. The van der Waals surface area contributed by atoms with Crippen molar-refractivity contribution in [3.8, 4) is 5.75 Å². The Morgan fingerprint density at radius 1 is 0.971 bits per heavy atom. The Morgan fingerprint density at radius 2 is 1.74 bits per heavy atom. The first kappa shape index (κ1) is 22.2. The molecular formula is C28H23N3O4. The van der Waals surface area contributed by atoms with E-state index >= 15 is 0 Å². The smallest absolute Gasteiger partial charge is 0.259 e. The third-order valence-corrected chi connectivity index (χ3v) is 6.09. The number of phenols is 1. The predicted molar refractivity (Wildman–Crippen MR) is 136 cm³/mol. The van der Waals surface area contributed by atoms with E-state index in [9.17, 15) is 19.5 Å². The van der Waals surface area contributed by atoms with Crippen molar-refractivity contribution < 1.29 is 19.5 Å². The Kier molecular flexibility index (Phi) is 5.66. The summed E-state index contributed by atoms with van der Waals surface area (Å²) >= 11 is 0. The van der Waals surface area contributed by atoms with Gasteiger partial charge in [-0.1, -0.05) is 49.4 Å². The number of benzene rings is 4. The van der Waals surface area contributed by atoms with Crippen molar-refractivity contribution in [1.82, 2.24) is 0 Å². The topological polar surface area (TPSA) is 98.7 Å². The SMILES string of the molecule is CCc1cccc(O)c1C(=O)Nc1ccc(N2C(=O)CC(=O)Nc3c2ccc2ccccc32)cc1. The lowest BCUT2D eigenvalue weighted by Gasteiger charge is -2.23. The highest BCUT2D eigenvalue weighted by molar-refractivity contribution is 6.21. The highest BCUT2D eigenvalue weighted by Gasteiger charge is 2.28. The van der Waals surface area contributed by atoms with Gasteiger partial charge in [0.1, 0.15) is 12.2 Å². The molecule has 4 aromatic carbocycles. The van der Waals surface area contributed by atoms with Gasteiger partial charge in [0, 0.05) is 16.8 Å². The number of anilines is 4. The van der Waals surface area contributed by atoms with Crippen LogP contribution >= 0.6 is 0 Å². The second kappa shape index (κ2) is 8.95. The first-order valence-corrected chi connectivity index (χ1v) is 11.3. The molecule has 0 aliphatic carbocycles. The van der Waals surface area contributed by atoms with E-state index in [1.54, 1.807) is 36.4 Å². The van der Waals surface area contributed by atoms with Gasteiger partial charge in [0.05, 0.1) is 16.9 Å². The molecule has 0 bridgehead atoms. The first-order chi connectivity index (χ1) is 17.0. The van der Waals surface area contributed by atoms with E-state index in [0.717, 1.165) is 16.3 Å². The number of carbonyl (C=O) groups is 3. The number of amides is 3. The van der Waals surface area contributed by atoms with E-state index in [4.69, 9.17) is 0 Å². The van der Waals surface area contributed by atoms with E-state index in [0.29, 0.717) is 29.2 Å². The zero-order valence-electron chi connectivity index (χ0n) is 19.0. The number of hydrogen-bond donors (Lipinski definition) is 3. The fraction of sp³-hybridized carbons (Fsp3) is 0.107. The Labute approximate surface area is 202 Å². The summed E-state index contributed by atoms with van der Waals surface area (Å²) in [5, 5.41) is 17.7. The number of nitrogens with one attached hydrogen (secondary N) is 2. The fourth-order valence-corrected chi connectivity index (χ4v) is 4.43. The number of aromatic hydroxyl groups is 1. The molecule has 1 heterocycles. The van der Waals surface area contributed by atoms with Crippen LogP contribution in [-0.2, 0) is 16.0 Å². The zero-order valence-corrected chi connectivity index (χ0v) is 19.0. The standard InChI is InChI=1S/C28H23N3O4/c1-2-17-7-5-9-23(32)26(17)28(35)29-19-11-13-20(14-12-19)31-22-15-10-18-6-3-4-8-21(18)27(22)30-24(33)16-25(31)34/h3-15,32H,2,16H2,1H3,(H,29,35)(H,30,33). The highest BCUT2D eigenvalue weighted by Crippen LogP contribution is 2.40. The number of rotatable bonds is 4. The van der Waals surface area contributed by atoms with Gasteiger partial charge in [-0.25, -0.2) is 0 Å². The number of fused-ring (bicyclic) bond motifs is 3. The molecule has 1 aliphatic rings. The van der Waals surface area contributed by atoms with E-state index < -0.39 is 5.91 Å². The summed E-state index contributed by atoms with van der Waals surface area (Å²) in [6.45, 7) is 1.92. The molecule has 7 nitrogen and oxygen atoms in total. The highest BCUT2D eigenvalue weighted by atomic mass is 16.3. The lowest BCUT2D eigenvalue weighted by molar-refractivity contribution is -0.124. The van der Waals surface area contributed by atoms with Gasteiger partial charge in [0.15, 0.2) is 0 Å². The number of phenolic OH excluding ortho intramolecular Hbond substituents is 1. The van der Waals surface area contributed by atoms with E-state index in [1.165, 1.54) is 11.0 Å². The molecule has 174 valence electrons. The Morgan fingerprint density at radius 3 is 2.51 bits per heavy atom. The zero-order chi connectivity index (χ0) is 24.5. The summed E-state index contributed by atoms with van der Waals surface area (Å²) in [6.07, 6.45) is 0.322. The molecule has 7 heteroatoms. The van der Waals surface area contributed by atoms with Gasteiger partial charge >= 0.3 is 0 Å². The van der Waals surface area contributed by atoms with Crippen molar-refractivity contribution >= 4 is 51.2 Å². The van der Waals surface area contributed by atoms with Crippen LogP contribution in [0.15, 0.2) is 78.9 Å². The van der Waals surface area contributed by atoms with Crippen molar-refractivity contribution in [2.45, 2.75) is 19.8 Å². The Balaban J connectivity index is 1.49. The molecule has 0 fully saturated rings. The van der Waals surface area contributed by atoms with Gasteiger partial charge in [0.25, 0.3) is 5.91 Å². The number of aryl methyl sites for hydroxylation is 1. The molecule has 0 atom stereocenters. The normalized spacial score (nSPS) is 13.2. The fourth-order valence-electron chi connectivity index (χ4n) is 4.43. The summed E-state index contributed by atoms with van der Waals surface area (Å²) in [5.41, 5.74) is 3.24. The molecule has 0 saturated heterocycles. The van der Waals surface area contributed by atoms with Gasteiger partial charge in [-0.15, -0.1) is 0 Å². The summed E-state index contributed by atoms with van der Waals surface area (Å²) in [7, 11) is 0. The molecule has 1 aliphatic heterocycles. The van der Waals surface area contributed by atoms with Crippen LogP contribution in [0.3, 0.4) is 0 Å². The van der Waals surface area contributed by atoms with Gasteiger partial charge < -0.3 is 15.7 Å². The van der Waals surface area contributed by atoms with E-state index in [1.807, 2.05) is 43.3 Å². The molecule has 0 radical (unpaired) electrons. The molecule has 0 unspecified atom stereocenters. The largest absolute Gasteiger partial charge is 0.507 e. The third kappa shape index (κ3) is 4.08. The van der Waals surface area contributed by atoms with Crippen molar-refractivity contribution in [2.75, 3.05) is 15.5 Å². The van der Waals surface area contributed by atoms with Crippen LogP contribution in [0, 0.1) is 0 Å². The quantitative estimate of drug-likeness (QED) is 0.353. The average molecular weight is 466 g/mol. The van der Waals surface area contributed by atoms with Crippen LogP contribution in [0.25, 0.3) is 10.8 Å². The summed E-state index contributed by atoms with van der Waals surface area (Å²) in [4.78, 5) is 39.8. The Hall–Kier alpha value is -4.65. The summed E-state index contributed by atoms with van der Waals surface area (Å²) in [5.74, 6) is -1.21. The van der Waals surface area contributed by atoms with Crippen LogP contribution in [0.5, 0.6) is 5.75 Å². The van der Waals surface area contributed by atoms with Crippen LogP contribution < -0.4 is 15.5 Å². The number of nitrogens with zero attached hydrogens (tertiary/aromatic N) is 1. The van der Waals surface area contributed by atoms with Gasteiger partial charge in [-0.3, -0.25) is 19.3 Å². The van der Waals surface area contributed by atoms with Crippen LogP contribution in [0.1, 0.15) is 29.3 Å². The first-order valence-electron chi connectivity index (χ1n) is 11.3. The predicted octanol–water partition coefficient (Wildman–Crippen LogP) is 5.37. The van der Waals surface area contributed by atoms with Crippen LogP contribution in [0.2, 0.25) is 0 Å². The minimum absolute atomic E-state index is 0.0744. The molecule has 0 spiro atoms. The van der Waals surface area contributed by atoms with Crippen LogP contribution in [-0.4, -0.2) is 22.8 Å². The minimum Gasteiger partial charge on any atom is -0.507 e. The average Bonchev–Trinajstić information content (AvgIpc) is 2.98. The molecular weight excluding hydrogens is 442 g/mol. The lowest BCUT2D eigenvalue weighted by atomic mass is 10.0. The minimum atomic E-state index is -0.412. The van der Waals surface area contributed by atoms with Crippen molar-refractivity contribution in [3.63, 3.8) is 0 Å². The second-order valence-corrected chi connectivity index (χ2v) is 8.30. The molecule has 4 aromatic rings. The summed E-state index contributed by atoms with van der Waals surface area (Å²) < 4.78 is 0. The third-order valence-electron chi connectivity index (χ3n) is 6.09. The monoisotopic (exact) mass is 465 g/mol. The molecule has 3 N–H and O–H groups in total. The van der Waals surface area contributed by atoms with Crippen molar-refractivity contribution in [2.24, 2.45) is 0 Å². The second-order valence-electron chi connectivity index (χ2n) is 8.30. The van der Waals surface area contributed by atoms with E-state index in [-0.39, 0.29) is 29.5 Å². The molecule has 0 saturated carbocycles. The molecule has 3 amide bonds. The van der Waals surface area contributed by atoms with Crippen LogP contribution in [0.4, 0.5) is 22.7 Å². The lowest BCUT2D eigenvalue weighted by Crippen LogP contribution is -2.26. The van der Waals surface area contributed by atoms with Crippen molar-refractivity contribution in [1.29, 1.82) is 0 Å². The Bertz CT molecular complexity index is 1480. The maximum atomic E-state index is 13.0. The van der Waals surface area contributed by atoms with Gasteiger partial charge in [0.2, 0.25) is 11.8 Å². The van der Waals surface area contributed by atoms with Gasteiger partial charge in [-0.05, 0) is 53.8 Å². The maximum Gasteiger partial charge on any atom is 0.259 e. The molecule has 5 rings (SSSR count). The summed E-state index contributed by atoms with van der Waals surface area (Å²) in [6, 6.07) is 23.2. The maximum absolute atomic E-state index is 13.0. The number of hydrogen-bond acceptors (Lipinski definition) is 4. The van der Waals surface area contributed by atoms with E-state index in [2.05, 4.69) is 10.6 Å². The van der Waals surface area contributed by atoms with Gasteiger partial charge in [-0.2, -0.15) is 0 Å². The van der Waals surface area contributed by atoms with Crippen molar-refractivity contribution in [3.05, 3.63) is 90.0 Å². The molecule has 35 heavy (non-hydrogen) atoms.